The molecule has 0 spiro atoms. The molecule has 132 valence electrons. The number of aromatic nitrogens is 1. The van der Waals surface area contributed by atoms with Gasteiger partial charge in [-0.1, -0.05) is 0 Å². The van der Waals surface area contributed by atoms with Crippen molar-refractivity contribution in [3.05, 3.63) is 24.4 Å². The van der Waals surface area contributed by atoms with E-state index in [2.05, 4.69) is 39.0 Å². The molecule has 0 bridgehead atoms. The van der Waals surface area contributed by atoms with Crippen LogP contribution in [0.1, 0.15) is 6.42 Å². The van der Waals surface area contributed by atoms with Gasteiger partial charge in [-0.25, -0.2) is 4.79 Å². The van der Waals surface area contributed by atoms with Crippen LogP contribution in [0.25, 0.3) is 10.9 Å². The van der Waals surface area contributed by atoms with Gasteiger partial charge in [0.1, 0.15) is 0 Å². The molecule has 0 unspecified atom stereocenters. The highest BCUT2D eigenvalue weighted by molar-refractivity contribution is 6.06. The highest BCUT2D eigenvalue weighted by Gasteiger charge is 2.25. The first-order chi connectivity index (χ1) is 12.0. The Kier molecular flexibility index (Phi) is 3.88. The summed E-state index contributed by atoms with van der Waals surface area (Å²) in [7, 11) is 4.19. The minimum atomic E-state index is -0.343. The first kappa shape index (κ1) is 16.0. The number of benzene rings is 1. The molecule has 0 aliphatic carbocycles. The molecule has 3 amide bonds. The molecule has 1 aromatic carbocycles. The zero-order valence-corrected chi connectivity index (χ0v) is 14.7. The maximum atomic E-state index is 12.1. The van der Waals surface area contributed by atoms with Gasteiger partial charge in [0.05, 0.1) is 11.2 Å². The molecule has 1 N–H and O–H groups in total. The number of amides is 3. The van der Waals surface area contributed by atoms with Gasteiger partial charge in [0.15, 0.2) is 0 Å². The number of hydrogen-bond donors (Lipinski definition) is 1. The van der Waals surface area contributed by atoms with Crippen molar-refractivity contribution in [2.75, 3.05) is 49.6 Å². The third-order valence-corrected chi connectivity index (χ3v) is 5.16. The van der Waals surface area contributed by atoms with Gasteiger partial charge in [0.25, 0.3) is 0 Å². The van der Waals surface area contributed by atoms with Crippen LogP contribution >= 0.6 is 0 Å². The Morgan fingerprint density at radius 1 is 1.00 bits per heavy atom. The number of likely N-dealkylation sites (N-methyl/N-ethyl adjacent to an activating group) is 1. The molecule has 0 atom stereocenters. The van der Waals surface area contributed by atoms with Crippen LogP contribution in [0, 0.1) is 0 Å². The van der Waals surface area contributed by atoms with Gasteiger partial charge in [-0.2, -0.15) is 0 Å². The predicted octanol–water partition coefficient (Wildman–Crippen LogP) is 1.38. The normalized spacial score (nSPS) is 19.6. The largest absolute Gasteiger partial charge is 0.367 e. The zero-order valence-electron chi connectivity index (χ0n) is 14.7. The van der Waals surface area contributed by atoms with Gasteiger partial charge in [-0.15, -0.1) is 0 Å². The first-order valence-corrected chi connectivity index (χ1v) is 8.67. The average molecular weight is 341 g/mol. The number of fused-ring (bicyclic) bond motifs is 1. The van der Waals surface area contributed by atoms with E-state index in [1.54, 1.807) is 4.90 Å². The van der Waals surface area contributed by atoms with Crippen molar-refractivity contribution in [1.29, 1.82) is 0 Å². The number of hydrogen-bond acceptors (Lipinski definition) is 4. The molecule has 7 heteroatoms. The lowest BCUT2D eigenvalue weighted by molar-refractivity contribution is -0.120. The minimum absolute atomic E-state index is 0.210. The minimum Gasteiger partial charge on any atom is -0.367 e. The number of anilines is 2. The summed E-state index contributed by atoms with van der Waals surface area (Å²) in [5.41, 5.74) is 3.16. The molecule has 0 radical (unpaired) electrons. The monoisotopic (exact) mass is 341 g/mol. The van der Waals surface area contributed by atoms with Crippen molar-refractivity contribution in [3.8, 4) is 0 Å². The molecule has 2 aromatic rings. The van der Waals surface area contributed by atoms with Crippen LogP contribution in [0.4, 0.5) is 16.2 Å². The van der Waals surface area contributed by atoms with Crippen molar-refractivity contribution < 1.29 is 9.59 Å². The summed E-state index contributed by atoms with van der Waals surface area (Å²) in [6.45, 7) is 4.60. The highest BCUT2D eigenvalue weighted by atomic mass is 16.2. The maximum absolute atomic E-state index is 12.1. The molecular weight excluding hydrogens is 318 g/mol. The first-order valence-electron chi connectivity index (χ1n) is 8.67. The van der Waals surface area contributed by atoms with Crippen molar-refractivity contribution in [2.24, 2.45) is 7.05 Å². The topological polar surface area (TPSA) is 60.8 Å². The molecule has 2 aliphatic heterocycles. The van der Waals surface area contributed by atoms with E-state index in [1.807, 2.05) is 19.2 Å². The Morgan fingerprint density at radius 3 is 2.48 bits per heavy atom. The molecule has 2 fully saturated rings. The van der Waals surface area contributed by atoms with Gasteiger partial charge >= 0.3 is 6.03 Å². The van der Waals surface area contributed by atoms with Gasteiger partial charge in [0, 0.05) is 63.5 Å². The highest BCUT2D eigenvalue weighted by Crippen LogP contribution is 2.32. The number of piperazine rings is 1. The number of imide groups is 1. The maximum Gasteiger partial charge on any atom is 0.328 e. The lowest BCUT2D eigenvalue weighted by Gasteiger charge is -2.33. The van der Waals surface area contributed by atoms with Crippen LogP contribution in [0.5, 0.6) is 0 Å². The van der Waals surface area contributed by atoms with Crippen molar-refractivity contribution in [2.45, 2.75) is 6.42 Å². The van der Waals surface area contributed by atoms with E-state index in [0.717, 1.165) is 37.4 Å². The Labute approximate surface area is 146 Å². The van der Waals surface area contributed by atoms with E-state index in [4.69, 9.17) is 0 Å². The molecular formula is C18H23N5O2. The summed E-state index contributed by atoms with van der Waals surface area (Å²) >= 11 is 0. The molecule has 2 aliphatic rings. The number of rotatable bonds is 2. The molecule has 3 heterocycles. The summed E-state index contributed by atoms with van der Waals surface area (Å²) in [6.07, 6.45) is 2.50. The van der Waals surface area contributed by atoms with Gasteiger partial charge < -0.3 is 14.4 Å². The second-order valence-corrected chi connectivity index (χ2v) is 6.87. The van der Waals surface area contributed by atoms with Crippen LogP contribution in [0.2, 0.25) is 0 Å². The molecule has 0 saturated carbocycles. The number of carbonyl (C=O) groups excluding carboxylic acids is 2. The lowest BCUT2D eigenvalue weighted by Crippen LogP contribution is -2.49. The third-order valence-electron chi connectivity index (χ3n) is 5.16. The van der Waals surface area contributed by atoms with Crippen LogP contribution in [0.3, 0.4) is 0 Å². The fourth-order valence-electron chi connectivity index (χ4n) is 3.63. The van der Waals surface area contributed by atoms with Gasteiger partial charge in [-0.05, 0) is 25.2 Å². The summed E-state index contributed by atoms with van der Waals surface area (Å²) in [6, 6.07) is 5.74. The van der Waals surface area contributed by atoms with E-state index < -0.39 is 0 Å². The van der Waals surface area contributed by atoms with Crippen LogP contribution < -0.4 is 15.1 Å². The number of urea groups is 1. The SMILES string of the molecule is CN1CCN(c2cn(C)c3cc(N4CCC(=O)NC4=O)ccc23)CC1. The summed E-state index contributed by atoms with van der Waals surface area (Å²) < 4.78 is 2.11. The zero-order chi connectivity index (χ0) is 17.6. The van der Waals surface area contributed by atoms with E-state index in [0.29, 0.717) is 13.0 Å². The van der Waals surface area contributed by atoms with E-state index in [1.165, 1.54) is 11.1 Å². The Hall–Kier alpha value is -2.54. The molecule has 25 heavy (non-hydrogen) atoms. The summed E-state index contributed by atoms with van der Waals surface area (Å²) in [5.74, 6) is -0.210. The van der Waals surface area contributed by atoms with E-state index in [-0.39, 0.29) is 11.9 Å². The lowest BCUT2D eigenvalue weighted by atomic mass is 10.1. The van der Waals surface area contributed by atoms with Crippen molar-refractivity contribution in [3.63, 3.8) is 0 Å². The second kappa shape index (κ2) is 6.07. The number of carbonyl (C=O) groups is 2. The second-order valence-electron chi connectivity index (χ2n) is 6.87. The smallest absolute Gasteiger partial charge is 0.328 e. The van der Waals surface area contributed by atoms with Crippen molar-refractivity contribution >= 4 is 34.2 Å². The van der Waals surface area contributed by atoms with E-state index in [9.17, 15) is 9.59 Å². The van der Waals surface area contributed by atoms with Crippen LogP contribution in [-0.2, 0) is 11.8 Å². The predicted molar refractivity (Wildman–Crippen MR) is 98.1 cm³/mol. The van der Waals surface area contributed by atoms with Gasteiger partial charge in [-0.3, -0.25) is 15.0 Å². The third kappa shape index (κ3) is 2.84. The summed E-state index contributed by atoms with van der Waals surface area (Å²) in [4.78, 5) is 29.8. The number of nitrogens with one attached hydrogen (secondary N) is 1. The van der Waals surface area contributed by atoms with Crippen molar-refractivity contribution in [1.82, 2.24) is 14.8 Å². The Bertz CT molecular complexity index is 835. The number of nitrogens with zero attached hydrogens (tertiary/aromatic N) is 4. The Balaban J connectivity index is 1.67. The quantitative estimate of drug-likeness (QED) is 0.896. The standard InChI is InChI=1S/C18H23N5O2/c1-20-7-9-22(10-8-20)16-12-21(2)15-11-13(3-4-14(15)16)23-6-5-17(24)19-18(23)25/h3-4,11-12H,5-10H2,1-2H3,(H,19,24,25). The molecule has 1 aromatic heterocycles. The fourth-order valence-corrected chi connectivity index (χ4v) is 3.63. The van der Waals surface area contributed by atoms with Crippen LogP contribution in [0.15, 0.2) is 24.4 Å². The molecule has 2 saturated heterocycles. The van der Waals surface area contributed by atoms with Gasteiger partial charge in [0.2, 0.25) is 5.91 Å². The summed E-state index contributed by atoms with van der Waals surface area (Å²) in [5, 5.41) is 3.58. The van der Waals surface area contributed by atoms with E-state index >= 15 is 0 Å². The fraction of sp³-hybridized carbons (Fsp3) is 0.444. The Morgan fingerprint density at radius 2 is 1.76 bits per heavy atom. The van der Waals surface area contributed by atoms with Crippen LogP contribution in [-0.4, -0.2) is 61.2 Å². The average Bonchev–Trinajstić information content (AvgIpc) is 2.92. The molecule has 4 rings (SSSR count). The number of aryl methyl sites for hydroxylation is 1. The molecule has 7 nitrogen and oxygen atoms in total.